The van der Waals surface area contributed by atoms with Gasteiger partial charge < -0.3 is 15.0 Å². The van der Waals surface area contributed by atoms with Gasteiger partial charge in [-0.05, 0) is 6.92 Å². The average Bonchev–Trinajstić information content (AvgIpc) is 2.60. The van der Waals surface area contributed by atoms with E-state index in [1.54, 1.807) is 6.92 Å². The van der Waals surface area contributed by atoms with Gasteiger partial charge in [-0.1, -0.05) is 0 Å². The number of fused-ring (bicyclic) bond motifs is 1. The van der Waals surface area contributed by atoms with Crippen molar-refractivity contribution in [2.45, 2.75) is 13.0 Å². The van der Waals surface area contributed by atoms with Crippen LogP contribution in [-0.2, 0) is 9.53 Å². The number of nitrogens with one attached hydrogen (secondary N) is 1. The number of esters is 1. The first kappa shape index (κ1) is 11.2. The van der Waals surface area contributed by atoms with E-state index in [1.807, 2.05) is 9.80 Å². The Morgan fingerprint density at radius 3 is 3.12 bits per heavy atom. The van der Waals surface area contributed by atoms with Gasteiger partial charge in [0.25, 0.3) is 0 Å². The van der Waals surface area contributed by atoms with Crippen LogP contribution in [0.3, 0.4) is 0 Å². The molecule has 0 radical (unpaired) electrons. The van der Waals surface area contributed by atoms with Gasteiger partial charge >= 0.3 is 12.0 Å². The Hall–Kier alpha value is -1.30. The Labute approximate surface area is 94.5 Å². The maximum atomic E-state index is 11.3. The summed E-state index contributed by atoms with van der Waals surface area (Å²) in [6, 6.07) is 0.219. The van der Waals surface area contributed by atoms with Crippen LogP contribution in [0.25, 0.3) is 0 Å². The third-order valence-electron chi connectivity index (χ3n) is 2.97. The van der Waals surface area contributed by atoms with Crippen LogP contribution in [-0.4, -0.2) is 67.2 Å². The van der Waals surface area contributed by atoms with Crippen molar-refractivity contribution in [1.29, 1.82) is 0 Å². The summed E-state index contributed by atoms with van der Waals surface area (Å²) < 4.78 is 4.90. The zero-order chi connectivity index (χ0) is 11.5. The Balaban J connectivity index is 1.83. The van der Waals surface area contributed by atoms with Gasteiger partial charge in [-0.15, -0.1) is 0 Å². The molecule has 1 unspecified atom stereocenters. The second-order valence-electron chi connectivity index (χ2n) is 4.07. The number of nitrogens with zero attached hydrogens (tertiary/aromatic N) is 2. The number of hydrogen-bond donors (Lipinski definition) is 1. The number of hydrogen-bond acceptors (Lipinski definition) is 4. The summed E-state index contributed by atoms with van der Waals surface area (Å²) in [5.41, 5.74) is 0. The molecule has 16 heavy (non-hydrogen) atoms. The van der Waals surface area contributed by atoms with Gasteiger partial charge in [-0.25, -0.2) is 4.79 Å². The zero-order valence-electron chi connectivity index (χ0n) is 9.44. The minimum atomic E-state index is -0.187. The molecular formula is C10H17N3O3. The first-order valence-corrected chi connectivity index (χ1v) is 5.63. The Morgan fingerprint density at radius 1 is 1.56 bits per heavy atom. The molecule has 0 spiro atoms. The van der Waals surface area contributed by atoms with E-state index in [0.29, 0.717) is 26.2 Å². The predicted octanol–water partition coefficient (Wildman–Crippen LogP) is -0.741. The fourth-order valence-electron chi connectivity index (χ4n) is 2.20. The van der Waals surface area contributed by atoms with Crippen molar-refractivity contribution in [1.82, 2.24) is 15.1 Å². The summed E-state index contributed by atoms with van der Waals surface area (Å²) in [6.45, 7) is 5.40. The second kappa shape index (κ2) is 4.69. The minimum Gasteiger partial charge on any atom is -0.465 e. The number of ether oxygens (including phenoxy) is 1. The van der Waals surface area contributed by atoms with E-state index >= 15 is 0 Å². The Morgan fingerprint density at radius 2 is 2.38 bits per heavy atom. The van der Waals surface area contributed by atoms with Crippen molar-refractivity contribution in [2.75, 3.05) is 39.3 Å². The summed E-state index contributed by atoms with van der Waals surface area (Å²) in [5.74, 6) is -0.187. The normalized spacial score (nSPS) is 25.2. The molecule has 2 amide bonds. The molecule has 90 valence electrons. The zero-order valence-corrected chi connectivity index (χ0v) is 9.44. The van der Waals surface area contributed by atoms with Crippen molar-refractivity contribution < 1.29 is 14.3 Å². The summed E-state index contributed by atoms with van der Waals surface area (Å²) in [4.78, 5) is 26.5. The van der Waals surface area contributed by atoms with Gasteiger partial charge in [0.1, 0.15) is 0 Å². The summed E-state index contributed by atoms with van der Waals surface area (Å²) in [7, 11) is 0. The largest absolute Gasteiger partial charge is 0.465 e. The van der Waals surface area contributed by atoms with Crippen molar-refractivity contribution in [3.05, 3.63) is 0 Å². The Kier molecular flexibility index (Phi) is 3.28. The van der Waals surface area contributed by atoms with E-state index in [0.717, 1.165) is 13.1 Å². The molecule has 2 aliphatic heterocycles. The van der Waals surface area contributed by atoms with E-state index in [4.69, 9.17) is 4.74 Å². The van der Waals surface area contributed by atoms with Crippen molar-refractivity contribution in [3.63, 3.8) is 0 Å². The lowest BCUT2D eigenvalue weighted by Crippen LogP contribution is -2.53. The van der Waals surface area contributed by atoms with Gasteiger partial charge in [0.05, 0.1) is 19.2 Å². The highest BCUT2D eigenvalue weighted by Crippen LogP contribution is 2.13. The predicted molar refractivity (Wildman–Crippen MR) is 57.0 cm³/mol. The third-order valence-corrected chi connectivity index (χ3v) is 2.97. The quantitative estimate of drug-likeness (QED) is 0.645. The van der Waals surface area contributed by atoms with Gasteiger partial charge in [0.15, 0.2) is 0 Å². The lowest BCUT2D eigenvalue weighted by Gasteiger charge is -2.35. The average molecular weight is 227 g/mol. The fourth-order valence-corrected chi connectivity index (χ4v) is 2.20. The maximum Gasteiger partial charge on any atom is 0.320 e. The maximum absolute atomic E-state index is 11.3. The molecule has 1 atom stereocenters. The van der Waals surface area contributed by atoms with Gasteiger partial charge in [-0.3, -0.25) is 9.69 Å². The Bertz CT molecular complexity index is 295. The topological polar surface area (TPSA) is 61.9 Å². The number of rotatable bonds is 3. The number of piperazine rings is 1. The van der Waals surface area contributed by atoms with E-state index in [9.17, 15) is 9.59 Å². The first-order chi connectivity index (χ1) is 7.70. The molecule has 0 bridgehead atoms. The van der Waals surface area contributed by atoms with Crippen LogP contribution < -0.4 is 5.32 Å². The van der Waals surface area contributed by atoms with Crippen molar-refractivity contribution in [3.8, 4) is 0 Å². The monoisotopic (exact) mass is 227 g/mol. The molecule has 6 heteroatoms. The minimum absolute atomic E-state index is 0.0146. The molecule has 2 rings (SSSR count). The highest BCUT2D eigenvalue weighted by Gasteiger charge is 2.35. The molecule has 0 aromatic rings. The van der Waals surface area contributed by atoms with Crippen LogP contribution in [0.15, 0.2) is 0 Å². The highest BCUT2D eigenvalue weighted by molar-refractivity contribution is 5.77. The molecule has 6 nitrogen and oxygen atoms in total. The first-order valence-electron chi connectivity index (χ1n) is 5.63. The van der Waals surface area contributed by atoms with Crippen LogP contribution in [0.2, 0.25) is 0 Å². The number of urea groups is 1. The fraction of sp³-hybridized carbons (Fsp3) is 0.800. The van der Waals surface area contributed by atoms with E-state index in [1.165, 1.54) is 0 Å². The number of amides is 2. The molecular weight excluding hydrogens is 210 g/mol. The van der Waals surface area contributed by atoms with Crippen LogP contribution >= 0.6 is 0 Å². The third kappa shape index (κ3) is 2.27. The smallest absolute Gasteiger partial charge is 0.320 e. The molecule has 2 saturated heterocycles. The number of carbonyl (C=O) groups excluding carboxylic acids is 2. The molecule has 0 saturated carbocycles. The van der Waals surface area contributed by atoms with Crippen LogP contribution in [0.4, 0.5) is 4.79 Å². The molecule has 2 fully saturated rings. The van der Waals surface area contributed by atoms with Crippen molar-refractivity contribution >= 4 is 12.0 Å². The second-order valence-corrected chi connectivity index (χ2v) is 4.07. The van der Waals surface area contributed by atoms with E-state index in [2.05, 4.69) is 5.32 Å². The standard InChI is InChI=1S/C10H17N3O3/c1-2-16-9(14)7-12-3-4-13-8(6-12)5-11-10(13)15/h8H,2-7H2,1H3,(H,11,15). The van der Waals surface area contributed by atoms with Crippen LogP contribution in [0.5, 0.6) is 0 Å². The summed E-state index contributed by atoms with van der Waals surface area (Å²) in [6.07, 6.45) is 0. The number of carbonyl (C=O) groups is 2. The highest BCUT2D eigenvalue weighted by atomic mass is 16.5. The molecule has 0 aliphatic carbocycles. The molecule has 2 aliphatic rings. The van der Waals surface area contributed by atoms with Gasteiger partial charge in [-0.2, -0.15) is 0 Å². The molecule has 0 aromatic heterocycles. The lowest BCUT2D eigenvalue weighted by atomic mass is 10.2. The van der Waals surface area contributed by atoms with Crippen LogP contribution in [0.1, 0.15) is 6.92 Å². The van der Waals surface area contributed by atoms with E-state index in [-0.39, 0.29) is 18.0 Å². The molecule has 2 heterocycles. The SMILES string of the molecule is CCOC(=O)CN1CCN2C(=O)NCC2C1. The summed E-state index contributed by atoms with van der Waals surface area (Å²) in [5, 5.41) is 2.80. The van der Waals surface area contributed by atoms with Gasteiger partial charge in [0.2, 0.25) is 0 Å². The summed E-state index contributed by atoms with van der Waals surface area (Å²) >= 11 is 0. The van der Waals surface area contributed by atoms with Gasteiger partial charge in [0, 0.05) is 26.2 Å². The molecule has 0 aromatic carbocycles. The van der Waals surface area contributed by atoms with Crippen LogP contribution in [0, 0.1) is 0 Å². The van der Waals surface area contributed by atoms with E-state index < -0.39 is 0 Å². The molecule has 1 N–H and O–H groups in total. The lowest BCUT2D eigenvalue weighted by molar-refractivity contribution is -0.144. The van der Waals surface area contributed by atoms with Crippen molar-refractivity contribution in [2.24, 2.45) is 0 Å².